The van der Waals surface area contributed by atoms with Gasteiger partial charge < -0.3 is 4.74 Å². The number of carbonyl (C=O) groups excluding carboxylic acids is 1. The largest absolute Gasteiger partial charge is 0.465 e. The molecule has 0 amide bonds. The Kier molecular flexibility index (Phi) is 2.99. The molecule has 1 aliphatic rings. The smallest absolute Gasteiger partial charge is 0.316 e. The van der Waals surface area contributed by atoms with Crippen LogP contribution in [0.4, 0.5) is 0 Å². The minimum atomic E-state index is -0.318. The molecule has 0 spiro atoms. The van der Waals surface area contributed by atoms with Gasteiger partial charge in [-0.3, -0.25) is 4.79 Å². The minimum Gasteiger partial charge on any atom is -0.465 e. The van der Waals surface area contributed by atoms with Gasteiger partial charge >= 0.3 is 5.97 Å². The first kappa shape index (κ1) is 11.2. The van der Waals surface area contributed by atoms with E-state index < -0.39 is 0 Å². The lowest BCUT2D eigenvalue weighted by Gasteiger charge is -2.14. The maximum atomic E-state index is 11.9. The zero-order valence-electron chi connectivity index (χ0n) is 9.95. The van der Waals surface area contributed by atoms with Crippen molar-refractivity contribution in [2.75, 3.05) is 6.61 Å². The second kappa shape index (κ2) is 4.28. The van der Waals surface area contributed by atoms with E-state index in [1.54, 1.807) is 0 Å². The maximum absolute atomic E-state index is 11.9. The molecule has 0 saturated heterocycles. The summed E-state index contributed by atoms with van der Waals surface area (Å²) < 4.78 is 5.16. The Balaban J connectivity index is 2.25. The molecule has 0 unspecified atom stereocenters. The summed E-state index contributed by atoms with van der Waals surface area (Å²) in [7, 11) is 0. The highest BCUT2D eigenvalue weighted by molar-refractivity contribution is 5.86. The van der Waals surface area contributed by atoms with Crippen LogP contribution in [0.1, 0.15) is 37.8 Å². The van der Waals surface area contributed by atoms with Crippen molar-refractivity contribution in [3.63, 3.8) is 0 Å². The molecule has 1 saturated carbocycles. The van der Waals surface area contributed by atoms with E-state index in [9.17, 15) is 4.79 Å². The summed E-state index contributed by atoms with van der Waals surface area (Å²) in [5, 5.41) is 0. The van der Waals surface area contributed by atoms with Crippen molar-refractivity contribution in [1.82, 2.24) is 0 Å². The van der Waals surface area contributed by atoms with Crippen molar-refractivity contribution < 1.29 is 9.53 Å². The van der Waals surface area contributed by atoms with Crippen LogP contribution in [0.3, 0.4) is 0 Å². The average molecular weight is 218 g/mol. The summed E-state index contributed by atoms with van der Waals surface area (Å²) in [5.74, 6) is -0.0525. The van der Waals surface area contributed by atoms with Crippen molar-refractivity contribution in [2.45, 2.75) is 38.5 Å². The van der Waals surface area contributed by atoms with Crippen molar-refractivity contribution in [3.8, 4) is 0 Å². The number of carbonyl (C=O) groups is 1. The standard InChI is InChI=1S/C14H18O2/c1-3-11-6-5-7-12(10-11)14(8-9-14)13(15)16-4-2/h5-7,10H,3-4,8-9H2,1-2H3. The summed E-state index contributed by atoms with van der Waals surface area (Å²) in [6, 6.07) is 8.32. The number of benzene rings is 1. The van der Waals surface area contributed by atoms with E-state index in [1.807, 2.05) is 19.1 Å². The lowest BCUT2D eigenvalue weighted by atomic mass is 9.94. The third-order valence-electron chi connectivity index (χ3n) is 3.30. The number of esters is 1. The van der Waals surface area contributed by atoms with Gasteiger partial charge in [-0.2, -0.15) is 0 Å². The zero-order chi connectivity index (χ0) is 11.6. The van der Waals surface area contributed by atoms with Crippen molar-refractivity contribution in [2.24, 2.45) is 0 Å². The van der Waals surface area contributed by atoms with Crippen LogP contribution in [0, 0.1) is 0 Å². The summed E-state index contributed by atoms with van der Waals surface area (Å²) in [5.41, 5.74) is 2.10. The molecule has 1 aromatic rings. The van der Waals surface area contributed by atoms with Crippen LogP contribution in [-0.4, -0.2) is 12.6 Å². The fraction of sp³-hybridized carbons (Fsp3) is 0.500. The van der Waals surface area contributed by atoms with E-state index >= 15 is 0 Å². The van der Waals surface area contributed by atoms with Crippen LogP contribution in [-0.2, 0) is 21.4 Å². The third-order valence-corrected chi connectivity index (χ3v) is 3.30. The van der Waals surface area contributed by atoms with E-state index in [1.165, 1.54) is 5.56 Å². The zero-order valence-corrected chi connectivity index (χ0v) is 9.95. The van der Waals surface area contributed by atoms with Crippen molar-refractivity contribution in [1.29, 1.82) is 0 Å². The van der Waals surface area contributed by atoms with E-state index in [2.05, 4.69) is 19.1 Å². The van der Waals surface area contributed by atoms with Crippen LogP contribution in [0.25, 0.3) is 0 Å². The molecule has 86 valence electrons. The van der Waals surface area contributed by atoms with Crippen molar-refractivity contribution in [3.05, 3.63) is 35.4 Å². The molecule has 2 heteroatoms. The van der Waals surface area contributed by atoms with Crippen LogP contribution in [0.5, 0.6) is 0 Å². The fourth-order valence-corrected chi connectivity index (χ4v) is 2.09. The molecule has 0 bridgehead atoms. The molecule has 1 aromatic carbocycles. The first-order valence-electron chi connectivity index (χ1n) is 5.99. The molecule has 2 rings (SSSR count). The Bertz CT molecular complexity index is 391. The number of ether oxygens (including phenoxy) is 1. The highest BCUT2D eigenvalue weighted by Gasteiger charge is 2.52. The molecule has 0 heterocycles. The lowest BCUT2D eigenvalue weighted by Crippen LogP contribution is -2.23. The Labute approximate surface area is 96.6 Å². The van der Waals surface area contributed by atoms with Gasteiger partial charge in [-0.25, -0.2) is 0 Å². The first-order valence-corrected chi connectivity index (χ1v) is 5.99. The molecule has 2 nitrogen and oxygen atoms in total. The molecule has 16 heavy (non-hydrogen) atoms. The molecular formula is C14H18O2. The molecule has 0 N–H and O–H groups in total. The molecule has 0 aromatic heterocycles. The van der Waals surface area contributed by atoms with Gasteiger partial charge in [0, 0.05) is 0 Å². The summed E-state index contributed by atoms with van der Waals surface area (Å²) in [4.78, 5) is 11.9. The van der Waals surface area contributed by atoms with Crippen molar-refractivity contribution >= 4 is 5.97 Å². The summed E-state index contributed by atoms with van der Waals surface area (Å²) >= 11 is 0. The normalized spacial score (nSPS) is 16.9. The van der Waals surface area contributed by atoms with Crippen LogP contribution >= 0.6 is 0 Å². The Morgan fingerprint density at radius 2 is 2.12 bits per heavy atom. The van der Waals surface area contributed by atoms with Gasteiger partial charge in [-0.05, 0) is 37.3 Å². The second-order valence-corrected chi connectivity index (χ2v) is 4.36. The number of rotatable bonds is 4. The van der Waals surface area contributed by atoms with Gasteiger partial charge in [0.15, 0.2) is 0 Å². The van der Waals surface area contributed by atoms with E-state index in [0.29, 0.717) is 6.61 Å². The fourth-order valence-electron chi connectivity index (χ4n) is 2.09. The maximum Gasteiger partial charge on any atom is 0.316 e. The lowest BCUT2D eigenvalue weighted by molar-refractivity contribution is -0.146. The Morgan fingerprint density at radius 1 is 1.38 bits per heavy atom. The molecule has 0 atom stereocenters. The SMILES string of the molecule is CCOC(=O)C1(c2cccc(CC)c2)CC1. The van der Waals surface area contributed by atoms with E-state index in [-0.39, 0.29) is 11.4 Å². The predicted molar refractivity (Wildman–Crippen MR) is 63.4 cm³/mol. The number of hydrogen-bond donors (Lipinski definition) is 0. The Morgan fingerprint density at radius 3 is 2.69 bits per heavy atom. The van der Waals surface area contributed by atoms with Gasteiger partial charge in [0.25, 0.3) is 0 Å². The summed E-state index contributed by atoms with van der Waals surface area (Å²) in [6.07, 6.45) is 2.87. The number of aryl methyl sites for hydroxylation is 1. The third kappa shape index (κ3) is 1.84. The highest BCUT2D eigenvalue weighted by Crippen LogP contribution is 2.49. The van der Waals surface area contributed by atoms with E-state index in [4.69, 9.17) is 4.74 Å². The first-order chi connectivity index (χ1) is 7.73. The topological polar surface area (TPSA) is 26.3 Å². The monoisotopic (exact) mass is 218 g/mol. The van der Waals surface area contributed by atoms with Gasteiger partial charge in [0.1, 0.15) is 0 Å². The van der Waals surface area contributed by atoms with Gasteiger partial charge in [-0.15, -0.1) is 0 Å². The van der Waals surface area contributed by atoms with Gasteiger partial charge in [0.2, 0.25) is 0 Å². The molecule has 0 aliphatic heterocycles. The van der Waals surface area contributed by atoms with Crippen LogP contribution < -0.4 is 0 Å². The van der Waals surface area contributed by atoms with Crippen LogP contribution in [0.2, 0.25) is 0 Å². The van der Waals surface area contributed by atoms with Gasteiger partial charge in [-0.1, -0.05) is 31.2 Å². The van der Waals surface area contributed by atoms with E-state index in [0.717, 1.165) is 24.8 Å². The minimum absolute atomic E-state index is 0.0525. The molecule has 0 radical (unpaired) electrons. The molecule has 1 aliphatic carbocycles. The van der Waals surface area contributed by atoms with Crippen LogP contribution in [0.15, 0.2) is 24.3 Å². The molecule has 1 fully saturated rings. The predicted octanol–water partition coefficient (Wildman–Crippen LogP) is 2.84. The second-order valence-electron chi connectivity index (χ2n) is 4.36. The quantitative estimate of drug-likeness (QED) is 0.726. The Hall–Kier alpha value is -1.31. The number of hydrogen-bond acceptors (Lipinski definition) is 2. The summed E-state index contributed by atoms with van der Waals surface area (Å²) in [6.45, 7) is 4.45. The average Bonchev–Trinajstić information content (AvgIpc) is 3.11. The van der Waals surface area contributed by atoms with Gasteiger partial charge in [0.05, 0.1) is 12.0 Å². The molecular weight excluding hydrogens is 200 g/mol. The highest BCUT2D eigenvalue weighted by atomic mass is 16.5.